The maximum atomic E-state index is 12.8. The van der Waals surface area contributed by atoms with Crippen molar-refractivity contribution in [2.45, 2.75) is 258 Å². The van der Waals surface area contributed by atoms with Crippen molar-refractivity contribution in [2.24, 2.45) is 0 Å². The summed E-state index contributed by atoms with van der Waals surface area (Å²) in [5, 5.41) is 0. The summed E-state index contributed by atoms with van der Waals surface area (Å²) in [5.41, 5.74) is 0. The molecule has 0 heterocycles. The number of hydrogen-bond acceptors (Lipinski definition) is 6. The molecule has 1 atom stereocenters. The quantitative estimate of drug-likeness (QED) is 0.0261. The van der Waals surface area contributed by atoms with E-state index >= 15 is 0 Å². The number of carbonyl (C=O) groups excluding carboxylic acids is 3. The van der Waals surface area contributed by atoms with Crippen molar-refractivity contribution in [2.75, 3.05) is 13.2 Å². The third-order valence-corrected chi connectivity index (χ3v) is 12.7. The Morgan fingerprint density at radius 2 is 0.532 bits per heavy atom. The van der Waals surface area contributed by atoms with Gasteiger partial charge in [0.05, 0.1) is 6.42 Å². The first-order valence-corrected chi connectivity index (χ1v) is 31.6. The van der Waals surface area contributed by atoms with Crippen LogP contribution in [-0.4, -0.2) is 37.2 Å². The third kappa shape index (κ3) is 63.5. The van der Waals surface area contributed by atoms with Crippen LogP contribution in [0.3, 0.4) is 0 Å². The van der Waals surface area contributed by atoms with Crippen molar-refractivity contribution >= 4 is 17.9 Å². The Hall–Kier alpha value is -5.23. The highest BCUT2D eigenvalue weighted by Gasteiger charge is 2.19. The van der Waals surface area contributed by atoms with Crippen molar-refractivity contribution in [3.8, 4) is 0 Å². The van der Waals surface area contributed by atoms with E-state index in [-0.39, 0.29) is 31.6 Å². The number of esters is 3. The molecule has 442 valence electrons. The average molecular weight is 1090 g/mol. The lowest BCUT2D eigenvalue weighted by Gasteiger charge is -2.18. The van der Waals surface area contributed by atoms with Gasteiger partial charge in [-0.2, -0.15) is 0 Å². The lowest BCUT2D eigenvalue weighted by atomic mass is 10.1. The Morgan fingerprint density at radius 1 is 0.278 bits per heavy atom. The zero-order valence-corrected chi connectivity index (χ0v) is 50.6. The number of unbranched alkanes of at least 4 members (excludes halogenated alkanes) is 17. The number of carbonyl (C=O) groups is 3. The largest absolute Gasteiger partial charge is 0.462 e. The Labute approximate surface area is 485 Å². The minimum atomic E-state index is -0.851. The topological polar surface area (TPSA) is 78.9 Å². The standard InChI is InChI=1S/C73H114O6/c1-4-7-10-13-16-19-22-25-28-29-30-31-32-33-34-35-36-37-38-39-40-41-42-43-46-48-51-54-57-60-63-66-72(75)78-69-70(79-73(76)67-64-61-58-55-52-49-45-27-24-21-18-15-12-9-6-3)68-77-71(74)65-62-59-56-53-50-47-44-26-23-20-17-14-11-8-5-2/h7,9-10,12,16,18-19,21,25-28,30-31,33-34,36-37,39-40,42-45,52,55,61,64,70H,4-6,8,11,13-15,17,20,22-24,29,32,35,38,41,46-51,53-54,56-60,62-63,65-69H2,1-3H3/b10-7-,12-9-,19-16-,21-18-,28-25-,31-30-,34-33-,37-36-,40-39-,43-42-,44-26-,45-27-,55-52-,64-61-. The maximum Gasteiger partial charge on any atom is 0.310 e. The summed E-state index contributed by atoms with van der Waals surface area (Å²) in [6, 6.07) is 0. The Balaban J connectivity index is 4.43. The molecule has 0 bridgehead atoms. The highest BCUT2D eigenvalue weighted by atomic mass is 16.6. The zero-order valence-electron chi connectivity index (χ0n) is 50.6. The summed E-state index contributed by atoms with van der Waals surface area (Å²) >= 11 is 0. The Kier molecular flexibility index (Phi) is 61.0. The molecule has 0 aliphatic heterocycles. The first kappa shape index (κ1) is 73.8. The Morgan fingerprint density at radius 3 is 0.848 bits per heavy atom. The monoisotopic (exact) mass is 1090 g/mol. The molecule has 0 aromatic carbocycles. The van der Waals surface area contributed by atoms with Gasteiger partial charge in [-0.3, -0.25) is 14.4 Å². The molecule has 79 heavy (non-hydrogen) atoms. The van der Waals surface area contributed by atoms with Crippen LogP contribution >= 0.6 is 0 Å². The molecule has 0 aliphatic rings. The molecule has 0 aromatic rings. The minimum Gasteiger partial charge on any atom is -0.462 e. The second-order valence-electron chi connectivity index (χ2n) is 20.2. The van der Waals surface area contributed by atoms with Crippen LogP contribution in [0.2, 0.25) is 0 Å². The van der Waals surface area contributed by atoms with Gasteiger partial charge in [0.2, 0.25) is 0 Å². The summed E-state index contributed by atoms with van der Waals surface area (Å²) in [7, 11) is 0. The maximum absolute atomic E-state index is 12.8. The van der Waals surface area contributed by atoms with Gasteiger partial charge in [-0.1, -0.05) is 268 Å². The van der Waals surface area contributed by atoms with Gasteiger partial charge in [0.25, 0.3) is 0 Å². The number of rotatable bonds is 55. The van der Waals surface area contributed by atoms with Gasteiger partial charge in [0.15, 0.2) is 6.10 Å². The molecule has 6 heteroatoms. The number of ether oxygens (including phenoxy) is 3. The van der Waals surface area contributed by atoms with Gasteiger partial charge in [0.1, 0.15) is 13.2 Å². The minimum absolute atomic E-state index is 0.0841. The molecule has 0 radical (unpaired) electrons. The van der Waals surface area contributed by atoms with Gasteiger partial charge in [-0.25, -0.2) is 0 Å². The fourth-order valence-electron chi connectivity index (χ4n) is 8.06. The first-order chi connectivity index (χ1) is 39.0. The Bertz CT molecular complexity index is 1820. The smallest absolute Gasteiger partial charge is 0.310 e. The second kappa shape index (κ2) is 65.3. The van der Waals surface area contributed by atoms with Gasteiger partial charge in [-0.05, 0) is 135 Å². The van der Waals surface area contributed by atoms with Crippen LogP contribution < -0.4 is 0 Å². The molecule has 0 N–H and O–H groups in total. The SMILES string of the molecule is CC/C=C\C/C=C\C/C=C\C/C=C\C/C=C\C/C=C\C/C=C\C/C=C\CCCCCCCCC(=O)OCC(COC(=O)CCCCCCC/C=C\CCCCCCCC)OC(=O)C/C=C\C/C=C\C/C=C\C/C=C\C/C=C\CC. The van der Waals surface area contributed by atoms with Gasteiger partial charge in [0, 0.05) is 12.8 Å². The normalized spacial score (nSPS) is 13.3. The lowest BCUT2D eigenvalue weighted by molar-refractivity contribution is -0.166. The summed E-state index contributed by atoms with van der Waals surface area (Å²) < 4.78 is 16.8. The summed E-state index contributed by atoms with van der Waals surface area (Å²) in [6.07, 6.45) is 96.7. The fourth-order valence-corrected chi connectivity index (χ4v) is 8.06. The van der Waals surface area contributed by atoms with E-state index in [0.29, 0.717) is 19.3 Å². The molecule has 0 rings (SSSR count). The highest BCUT2D eigenvalue weighted by Crippen LogP contribution is 2.13. The molecule has 0 amide bonds. The van der Waals surface area contributed by atoms with Crippen LogP contribution in [0.15, 0.2) is 170 Å². The molecule has 0 aromatic heterocycles. The van der Waals surface area contributed by atoms with E-state index in [9.17, 15) is 14.4 Å². The van der Waals surface area contributed by atoms with Crippen LogP contribution in [0, 0.1) is 0 Å². The summed E-state index contributed by atoms with van der Waals surface area (Å²) in [6.45, 7) is 6.29. The zero-order chi connectivity index (χ0) is 57.1. The molecular formula is C73H114O6. The molecule has 6 nitrogen and oxygen atoms in total. The highest BCUT2D eigenvalue weighted by molar-refractivity contribution is 5.72. The average Bonchev–Trinajstić information content (AvgIpc) is 3.45. The predicted molar refractivity (Wildman–Crippen MR) is 343 cm³/mol. The van der Waals surface area contributed by atoms with Crippen LogP contribution in [-0.2, 0) is 28.6 Å². The van der Waals surface area contributed by atoms with E-state index in [4.69, 9.17) is 14.2 Å². The van der Waals surface area contributed by atoms with Crippen molar-refractivity contribution in [1.29, 1.82) is 0 Å². The first-order valence-electron chi connectivity index (χ1n) is 31.6. The van der Waals surface area contributed by atoms with E-state index in [1.54, 1.807) is 6.08 Å². The van der Waals surface area contributed by atoms with Crippen LogP contribution in [0.5, 0.6) is 0 Å². The number of hydrogen-bond donors (Lipinski definition) is 0. The van der Waals surface area contributed by atoms with E-state index in [1.807, 2.05) is 6.08 Å². The molecular weight excluding hydrogens is 973 g/mol. The fraction of sp³-hybridized carbons (Fsp3) is 0.575. The molecule has 0 fully saturated rings. The van der Waals surface area contributed by atoms with Crippen molar-refractivity contribution < 1.29 is 28.6 Å². The molecule has 1 unspecified atom stereocenters. The van der Waals surface area contributed by atoms with Crippen LogP contribution in [0.4, 0.5) is 0 Å². The van der Waals surface area contributed by atoms with Crippen molar-refractivity contribution in [3.05, 3.63) is 170 Å². The molecule has 0 saturated heterocycles. The van der Waals surface area contributed by atoms with Crippen LogP contribution in [0.1, 0.15) is 252 Å². The van der Waals surface area contributed by atoms with E-state index in [0.717, 1.165) is 141 Å². The lowest BCUT2D eigenvalue weighted by Crippen LogP contribution is -2.30. The van der Waals surface area contributed by atoms with Gasteiger partial charge < -0.3 is 14.2 Å². The van der Waals surface area contributed by atoms with E-state index in [2.05, 4.69) is 179 Å². The predicted octanol–water partition coefficient (Wildman–Crippen LogP) is 21.9. The molecule has 0 saturated carbocycles. The second-order valence-corrected chi connectivity index (χ2v) is 20.2. The van der Waals surface area contributed by atoms with Crippen molar-refractivity contribution in [1.82, 2.24) is 0 Å². The van der Waals surface area contributed by atoms with E-state index < -0.39 is 12.1 Å². The molecule has 0 spiro atoms. The van der Waals surface area contributed by atoms with Crippen molar-refractivity contribution in [3.63, 3.8) is 0 Å². The molecule has 0 aliphatic carbocycles. The van der Waals surface area contributed by atoms with Gasteiger partial charge >= 0.3 is 17.9 Å². The van der Waals surface area contributed by atoms with Crippen LogP contribution in [0.25, 0.3) is 0 Å². The number of allylic oxidation sites excluding steroid dienone is 27. The summed E-state index contributed by atoms with van der Waals surface area (Å²) in [4.78, 5) is 38.2. The third-order valence-electron chi connectivity index (χ3n) is 12.7. The van der Waals surface area contributed by atoms with Gasteiger partial charge in [-0.15, -0.1) is 0 Å². The van der Waals surface area contributed by atoms with E-state index in [1.165, 1.54) is 64.2 Å². The summed E-state index contributed by atoms with van der Waals surface area (Å²) in [5.74, 6) is -1.09.